The fourth-order valence-electron chi connectivity index (χ4n) is 3.86. The van der Waals surface area contributed by atoms with Gasteiger partial charge in [-0.2, -0.15) is 0 Å². The monoisotopic (exact) mass is 497 g/mol. The summed E-state index contributed by atoms with van der Waals surface area (Å²) in [5.74, 6) is -0.969. The summed E-state index contributed by atoms with van der Waals surface area (Å²) < 4.78 is 28.0. The molecule has 0 aromatic heterocycles. The van der Waals surface area contributed by atoms with E-state index in [-0.39, 0.29) is 22.0 Å². The molecule has 9 heteroatoms. The van der Waals surface area contributed by atoms with E-state index >= 15 is 0 Å². The molecule has 0 fully saturated rings. The number of nitrogens with zero attached hydrogens (tertiary/aromatic N) is 1. The number of carbonyl (C=O) groups is 2. The molecular formula is C25H24ClN3O4S. The number of benzene rings is 3. The Hall–Kier alpha value is -3.36. The van der Waals surface area contributed by atoms with Gasteiger partial charge in [0.25, 0.3) is 15.9 Å². The predicted molar refractivity (Wildman–Crippen MR) is 133 cm³/mol. The van der Waals surface area contributed by atoms with Gasteiger partial charge in [-0.25, -0.2) is 8.42 Å². The molecule has 3 aromatic carbocycles. The van der Waals surface area contributed by atoms with Gasteiger partial charge >= 0.3 is 0 Å². The van der Waals surface area contributed by atoms with Gasteiger partial charge in [-0.3, -0.25) is 13.9 Å². The van der Waals surface area contributed by atoms with E-state index < -0.39 is 21.8 Å². The fourth-order valence-corrected chi connectivity index (χ4v) is 5.87. The van der Waals surface area contributed by atoms with Crippen molar-refractivity contribution in [2.75, 3.05) is 22.7 Å². The number of hydrogen-bond donors (Lipinski definition) is 2. The first kappa shape index (κ1) is 23.8. The van der Waals surface area contributed by atoms with E-state index in [1.165, 1.54) is 22.5 Å². The number of hydrogen-bond acceptors (Lipinski definition) is 4. The van der Waals surface area contributed by atoms with E-state index in [4.69, 9.17) is 11.6 Å². The van der Waals surface area contributed by atoms with Crippen LogP contribution in [0.5, 0.6) is 0 Å². The van der Waals surface area contributed by atoms with Crippen molar-refractivity contribution in [3.05, 3.63) is 87.9 Å². The number of sulfonamides is 1. The number of anilines is 2. The van der Waals surface area contributed by atoms with Gasteiger partial charge in [0, 0.05) is 17.8 Å². The Kier molecular flexibility index (Phi) is 6.63. The van der Waals surface area contributed by atoms with Crippen molar-refractivity contribution >= 4 is 44.8 Å². The quantitative estimate of drug-likeness (QED) is 0.536. The number of halogens is 1. The number of para-hydroxylation sites is 1. The van der Waals surface area contributed by atoms with Crippen LogP contribution in [0.4, 0.5) is 11.4 Å². The molecule has 34 heavy (non-hydrogen) atoms. The standard InChI is InChI=1S/C25H24ClN3O4S/c1-16-6-5-8-21(17(16)2)28-24(30)15-27-25(31)19-10-11-20(26)23(14-19)34(32,33)29-13-12-18-7-3-4-9-22(18)29/h3-11,14H,12-13,15H2,1-2H3,(H,27,31)(H,28,30). The summed E-state index contributed by atoms with van der Waals surface area (Å²) in [6.45, 7) is 3.88. The molecule has 3 aromatic rings. The Balaban J connectivity index is 1.49. The minimum absolute atomic E-state index is 0.0218. The first-order valence-corrected chi connectivity index (χ1v) is 12.5. The molecule has 2 N–H and O–H groups in total. The van der Waals surface area contributed by atoms with Crippen LogP contribution in [0.2, 0.25) is 5.02 Å². The molecule has 2 amide bonds. The van der Waals surface area contributed by atoms with Crippen LogP contribution in [0.25, 0.3) is 0 Å². The third-order valence-electron chi connectivity index (χ3n) is 5.89. The molecular weight excluding hydrogens is 474 g/mol. The molecule has 0 atom stereocenters. The lowest BCUT2D eigenvalue weighted by molar-refractivity contribution is -0.115. The Bertz CT molecular complexity index is 1390. The molecule has 1 heterocycles. The van der Waals surface area contributed by atoms with Crippen LogP contribution in [0, 0.1) is 13.8 Å². The van der Waals surface area contributed by atoms with E-state index in [2.05, 4.69) is 10.6 Å². The summed E-state index contributed by atoms with van der Waals surface area (Å²) in [6.07, 6.45) is 0.600. The molecule has 0 bridgehead atoms. The van der Waals surface area contributed by atoms with Crippen molar-refractivity contribution in [2.24, 2.45) is 0 Å². The highest BCUT2D eigenvalue weighted by atomic mass is 35.5. The topological polar surface area (TPSA) is 95.6 Å². The second-order valence-corrected chi connectivity index (χ2v) is 10.3. The van der Waals surface area contributed by atoms with E-state index in [1.54, 1.807) is 18.2 Å². The SMILES string of the molecule is Cc1cccc(NC(=O)CNC(=O)c2ccc(Cl)c(S(=O)(=O)N3CCc4ccccc43)c2)c1C. The van der Waals surface area contributed by atoms with E-state index in [0.29, 0.717) is 24.3 Å². The second-order valence-electron chi connectivity index (χ2n) is 8.08. The Labute approximate surface area is 203 Å². The number of aryl methyl sites for hydroxylation is 1. The highest BCUT2D eigenvalue weighted by Gasteiger charge is 2.32. The molecule has 0 aliphatic carbocycles. The van der Waals surface area contributed by atoms with Crippen molar-refractivity contribution in [1.29, 1.82) is 0 Å². The molecule has 0 saturated carbocycles. The summed E-state index contributed by atoms with van der Waals surface area (Å²) >= 11 is 6.23. The van der Waals surface area contributed by atoms with Crippen LogP contribution in [-0.4, -0.2) is 33.3 Å². The molecule has 7 nitrogen and oxygen atoms in total. The largest absolute Gasteiger partial charge is 0.343 e. The third kappa shape index (κ3) is 4.64. The first-order valence-electron chi connectivity index (χ1n) is 10.7. The summed E-state index contributed by atoms with van der Waals surface area (Å²) in [5.41, 5.74) is 4.29. The lowest BCUT2D eigenvalue weighted by Gasteiger charge is -2.20. The molecule has 1 aliphatic heterocycles. The lowest BCUT2D eigenvalue weighted by atomic mass is 10.1. The number of amides is 2. The van der Waals surface area contributed by atoms with Crippen molar-refractivity contribution in [3.8, 4) is 0 Å². The predicted octanol–water partition coefficient (Wildman–Crippen LogP) is 4.08. The summed E-state index contributed by atoms with van der Waals surface area (Å²) in [6, 6.07) is 16.9. The van der Waals surface area contributed by atoms with Gasteiger partial charge in [0.15, 0.2) is 0 Å². The van der Waals surface area contributed by atoms with E-state index in [9.17, 15) is 18.0 Å². The Morgan fingerprint density at radius 1 is 1.03 bits per heavy atom. The molecule has 4 rings (SSSR count). The fraction of sp³-hybridized carbons (Fsp3) is 0.200. The van der Waals surface area contributed by atoms with Gasteiger partial charge < -0.3 is 10.6 Å². The second kappa shape index (κ2) is 9.48. The number of rotatable bonds is 6. The van der Waals surface area contributed by atoms with Crippen molar-refractivity contribution in [2.45, 2.75) is 25.2 Å². The minimum atomic E-state index is -3.98. The maximum atomic E-state index is 13.4. The van der Waals surface area contributed by atoms with Crippen LogP contribution in [0.3, 0.4) is 0 Å². The number of carbonyl (C=O) groups excluding carboxylic acids is 2. The average molecular weight is 498 g/mol. The van der Waals surface area contributed by atoms with Gasteiger partial charge in [-0.05, 0) is 67.3 Å². The number of nitrogens with one attached hydrogen (secondary N) is 2. The highest BCUT2D eigenvalue weighted by Crippen LogP contribution is 2.35. The Morgan fingerprint density at radius 2 is 1.79 bits per heavy atom. The van der Waals surface area contributed by atoms with Gasteiger partial charge in [0.1, 0.15) is 4.90 Å². The molecule has 0 unspecified atom stereocenters. The number of fused-ring (bicyclic) bond motifs is 1. The zero-order valence-electron chi connectivity index (χ0n) is 18.8. The van der Waals surface area contributed by atoms with Crippen LogP contribution in [0.1, 0.15) is 27.0 Å². The van der Waals surface area contributed by atoms with Crippen molar-refractivity contribution in [3.63, 3.8) is 0 Å². The average Bonchev–Trinajstić information content (AvgIpc) is 3.26. The van der Waals surface area contributed by atoms with Crippen LogP contribution >= 0.6 is 11.6 Å². The summed E-state index contributed by atoms with van der Waals surface area (Å²) in [4.78, 5) is 24.9. The smallest absolute Gasteiger partial charge is 0.265 e. The lowest BCUT2D eigenvalue weighted by Crippen LogP contribution is -2.33. The van der Waals surface area contributed by atoms with Crippen LogP contribution in [-0.2, 0) is 21.2 Å². The van der Waals surface area contributed by atoms with Gasteiger partial charge in [-0.15, -0.1) is 0 Å². The van der Waals surface area contributed by atoms with Gasteiger partial charge in [-0.1, -0.05) is 41.9 Å². The maximum Gasteiger partial charge on any atom is 0.265 e. The highest BCUT2D eigenvalue weighted by molar-refractivity contribution is 7.93. The molecule has 0 saturated heterocycles. The summed E-state index contributed by atoms with van der Waals surface area (Å²) in [7, 11) is -3.98. The van der Waals surface area contributed by atoms with E-state index in [0.717, 1.165) is 16.7 Å². The maximum absolute atomic E-state index is 13.4. The van der Waals surface area contributed by atoms with Gasteiger partial charge in [0.2, 0.25) is 5.91 Å². The van der Waals surface area contributed by atoms with Crippen molar-refractivity contribution in [1.82, 2.24) is 5.32 Å². The van der Waals surface area contributed by atoms with Gasteiger partial charge in [0.05, 0.1) is 17.3 Å². The van der Waals surface area contributed by atoms with Crippen molar-refractivity contribution < 1.29 is 18.0 Å². The molecule has 1 aliphatic rings. The zero-order valence-corrected chi connectivity index (χ0v) is 20.3. The minimum Gasteiger partial charge on any atom is -0.343 e. The van der Waals surface area contributed by atoms with E-state index in [1.807, 2.05) is 38.1 Å². The van der Waals surface area contributed by atoms with Crippen LogP contribution in [0.15, 0.2) is 65.6 Å². The molecule has 0 spiro atoms. The normalized spacial score (nSPS) is 12.9. The first-order chi connectivity index (χ1) is 16.2. The zero-order chi connectivity index (χ0) is 24.5. The molecule has 176 valence electrons. The van der Waals surface area contributed by atoms with Crippen LogP contribution < -0.4 is 14.9 Å². The Morgan fingerprint density at radius 3 is 2.59 bits per heavy atom. The molecule has 0 radical (unpaired) electrons. The third-order valence-corrected chi connectivity index (χ3v) is 8.19. The summed E-state index contributed by atoms with van der Waals surface area (Å²) in [5, 5.41) is 5.33.